The number of rotatable bonds is 11. The molecule has 3 fully saturated rings. The number of nitrogens with one attached hydrogen (secondary N) is 3. The van der Waals surface area contributed by atoms with Crippen molar-refractivity contribution >= 4 is 37.7 Å². The Balaban J connectivity index is 1.33. The van der Waals surface area contributed by atoms with E-state index < -0.39 is 11.6 Å². The van der Waals surface area contributed by atoms with Crippen molar-refractivity contribution in [1.82, 2.24) is 20.9 Å². The molecule has 1 aromatic heterocycles. The van der Waals surface area contributed by atoms with Crippen LogP contribution in [0.15, 0.2) is 70.7 Å². The van der Waals surface area contributed by atoms with Gasteiger partial charge in [0.05, 0.1) is 23.5 Å². The normalized spacial score (nSPS) is 23.1. The summed E-state index contributed by atoms with van der Waals surface area (Å²) in [6, 6.07) is 5.65. The standard InChI is InChI=1S/C34H39F2N7S/c1-20-11-34(12-21(2)17-43(34)16-20)18-42-31-23(14-40-19-39-9-5-4-6-24-15-41-24)10-22(3)28(30(31)36)25-7-8-27(35)32-29(25)26(13-37)33(38)44-32/h7-8,10,14,24,39-41H,1-2,4-6,9,11-12,15-19,38H2,3H3/b23-14-,42-31+. The van der Waals surface area contributed by atoms with Gasteiger partial charge in [0.2, 0.25) is 0 Å². The Labute approximate surface area is 261 Å². The van der Waals surface area contributed by atoms with E-state index in [0.29, 0.717) is 46.9 Å². The Morgan fingerprint density at radius 3 is 2.70 bits per heavy atom. The predicted molar refractivity (Wildman–Crippen MR) is 177 cm³/mol. The van der Waals surface area contributed by atoms with Crippen LogP contribution >= 0.6 is 11.3 Å². The van der Waals surface area contributed by atoms with Crippen LogP contribution in [0.1, 0.15) is 50.2 Å². The van der Waals surface area contributed by atoms with Crippen LogP contribution in [0.25, 0.3) is 15.7 Å². The van der Waals surface area contributed by atoms with Crippen molar-refractivity contribution in [2.75, 3.05) is 45.1 Å². The molecule has 5 N–H and O–H groups in total. The fourth-order valence-electron chi connectivity index (χ4n) is 6.85. The van der Waals surface area contributed by atoms with Gasteiger partial charge in [-0.25, -0.2) is 8.78 Å². The third-order valence-corrected chi connectivity index (χ3v) is 10.0. The maximum Gasteiger partial charge on any atom is 0.157 e. The lowest BCUT2D eigenvalue weighted by molar-refractivity contribution is 0.205. The van der Waals surface area contributed by atoms with Gasteiger partial charge in [0.25, 0.3) is 0 Å². The maximum absolute atomic E-state index is 16.9. The van der Waals surface area contributed by atoms with E-state index in [1.807, 2.05) is 13.0 Å². The van der Waals surface area contributed by atoms with Gasteiger partial charge >= 0.3 is 0 Å². The van der Waals surface area contributed by atoms with Gasteiger partial charge in [0, 0.05) is 53.9 Å². The van der Waals surface area contributed by atoms with E-state index in [0.717, 1.165) is 67.9 Å². The van der Waals surface area contributed by atoms with Crippen LogP contribution in [0, 0.1) is 17.1 Å². The molecule has 0 amide bonds. The number of halogens is 2. The summed E-state index contributed by atoms with van der Waals surface area (Å²) in [4.78, 5) is 7.32. The fourth-order valence-corrected chi connectivity index (χ4v) is 7.80. The molecule has 2 aromatic rings. The number of thiophene rings is 1. The molecular weight excluding hydrogens is 576 g/mol. The number of nitrogens with two attached hydrogens (primary N) is 1. The molecule has 3 aliphatic heterocycles. The molecule has 230 valence electrons. The summed E-state index contributed by atoms with van der Waals surface area (Å²) in [5, 5.41) is 20.4. The van der Waals surface area contributed by atoms with E-state index >= 15 is 4.39 Å². The number of nitrogen functional groups attached to an aromatic ring is 1. The number of unbranched alkanes of at least 4 members (excludes halogenated alkanes) is 1. The second kappa shape index (κ2) is 12.4. The minimum absolute atomic E-state index is 0.164. The van der Waals surface area contributed by atoms with Crippen molar-refractivity contribution in [3.8, 4) is 6.07 Å². The van der Waals surface area contributed by atoms with Crippen molar-refractivity contribution in [2.45, 2.75) is 50.6 Å². The van der Waals surface area contributed by atoms with Gasteiger partial charge in [0.1, 0.15) is 22.6 Å². The van der Waals surface area contributed by atoms with Crippen molar-refractivity contribution in [3.05, 3.63) is 82.6 Å². The van der Waals surface area contributed by atoms with Gasteiger partial charge in [-0.2, -0.15) is 5.26 Å². The zero-order chi connectivity index (χ0) is 31.0. The van der Waals surface area contributed by atoms with Gasteiger partial charge in [-0.3, -0.25) is 9.89 Å². The minimum atomic E-state index is -0.502. The Kier molecular flexibility index (Phi) is 8.57. The third-order valence-electron chi connectivity index (χ3n) is 8.99. The number of aliphatic imine (C=N–C) groups is 1. The first-order chi connectivity index (χ1) is 21.2. The van der Waals surface area contributed by atoms with Crippen LogP contribution in [0.2, 0.25) is 0 Å². The molecule has 0 bridgehead atoms. The van der Waals surface area contributed by atoms with E-state index in [-0.39, 0.29) is 26.5 Å². The summed E-state index contributed by atoms with van der Waals surface area (Å²) < 4.78 is 32.0. The fraction of sp³-hybridized carbons (Fsp3) is 0.412. The van der Waals surface area contributed by atoms with E-state index in [1.54, 1.807) is 6.20 Å². The van der Waals surface area contributed by atoms with Gasteiger partial charge in [0.15, 0.2) is 5.83 Å². The SMILES string of the molecule is C=C1CN2CC(=C)CC2(C/N=C2/C(F)=C(c3ccc(F)c4sc(N)c(C#N)c34)C(C)=C/C2=C/NCNCCCCC2CN2)C1. The first kappa shape index (κ1) is 30.4. The van der Waals surface area contributed by atoms with Crippen LogP contribution < -0.4 is 21.7 Å². The van der Waals surface area contributed by atoms with Crippen molar-refractivity contribution < 1.29 is 8.78 Å². The number of benzene rings is 1. The molecule has 0 radical (unpaired) electrons. The average Bonchev–Trinajstić information content (AvgIpc) is 3.57. The number of hydrogen-bond donors (Lipinski definition) is 4. The lowest BCUT2D eigenvalue weighted by atomic mass is 9.86. The molecule has 4 heterocycles. The highest BCUT2D eigenvalue weighted by Crippen LogP contribution is 2.45. The number of allylic oxidation sites excluding steroid dienone is 5. The number of nitriles is 1. The Hall–Kier alpha value is -3.62. The summed E-state index contributed by atoms with van der Waals surface area (Å²) >= 11 is 1.01. The monoisotopic (exact) mass is 615 g/mol. The molecule has 6 rings (SSSR count). The predicted octanol–water partition coefficient (Wildman–Crippen LogP) is 5.70. The second-order valence-electron chi connectivity index (χ2n) is 12.4. The molecule has 1 aliphatic carbocycles. The maximum atomic E-state index is 16.9. The lowest BCUT2D eigenvalue weighted by Gasteiger charge is -2.30. The Bertz CT molecular complexity index is 1660. The topological polar surface area (TPSA) is 111 Å². The minimum Gasteiger partial charge on any atom is -0.389 e. The molecule has 44 heavy (non-hydrogen) atoms. The van der Waals surface area contributed by atoms with Crippen molar-refractivity contribution in [1.29, 1.82) is 5.26 Å². The molecule has 4 aliphatic rings. The molecule has 1 atom stereocenters. The van der Waals surface area contributed by atoms with Crippen LogP contribution in [-0.4, -0.2) is 61.6 Å². The molecule has 0 spiro atoms. The van der Waals surface area contributed by atoms with E-state index in [9.17, 15) is 9.65 Å². The summed E-state index contributed by atoms with van der Waals surface area (Å²) in [6.07, 6.45) is 8.80. The first-order valence-electron chi connectivity index (χ1n) is 15.2. The highest BCUT2D eigenvalue weighted by Gasteiger charge is 2.47. The number of anilines is 1. The summed E-state index contributed by atoms with van der Waals surface area (Å²) in [6.45, 7) is 14.8. The van der Waals surface area contributed by atoms with Crippen molar-refractivity contribution in [3.63, 3.8) is 0 Å². The zero-order valence-electron chi connectivity index (χ0n) is 25.2. The van der Waals surface area contributed by atoms with Crippen LogP contribution in [0.4, 0.5) is 13.8 Å². The molecule has 10 heteroatoms. The van der Waals surface area contributed by atoms with Crippen molar-refractivity contribution in [2.24, 2.45) is 4.99 Å². The smallest absolute Gasteiger partial charge is 0.157 e. The highest BCUT2D eigenvalue weighted by atomic mass is 32.1. The Morgan fingerprint density at radius 2 is 2.00 bits per heavy atom. The largest absolute Gasteiger partial charge is 0.389 e. The first-order valence-corrected chi connectivity index (χ1v) is 16.0. The molecule has 1 aromatic carbocycles. The summed E-state index contributed by atoms with van der Waals surface area (Å²) in [5.74, 6) is -0.990. The molecular formula is C34H39F2N7S. The Morgan fingerprint density at radius 1 is 1.25 bits per heavy atom. The lowest BCUT2D eigenvalue weighted by Crippen LogP contribution is -2.41. The summed E-state index contributed by atoms with van der Waals surface area (Å²) in [5.41, 5.74) is 10.6. The van der Waals surface area contributed by atoms with Gasteiger partial charge < -0.3 is 21.7 Å². The van der Waals surface area contributed by atoms with E-state index in [1.165, 1.54) is 25.0 Å². The zero-order valence-corrected chi connectivity index (χ0v) is 26.0. The van der Waals surface area contributed by atoms with Gasteiger partial charge in [-0.15, -0.1) is 11.3 Å². The van der Waals surface area contributed by atoms with Gasteiger partial charge in [-0.05, 0) is 62.4 Å². The molecule has 3 saturated heterocycles. The number of hydrogen-bond acceptors (Lipinski definition) is 8. The molecule has 7 nitrogen and oxygen atoms in total. The quantitative estimate of drug-likeness (QED) is 0.112. The van der Waals surface area contributed by atoms with E-state index in [2.05, 4.69) is 40.1 Å². The number of nitrogens with zero attached hydrogens (tertiary/aromatic N) is 3. The number of fused-ring (bicyclic) bond motifs is 2. The molecule has 0 saturated carbocycles. The second-order valence-corrected chi connectivity index (χ2v) is 13.5. The highest BCUT2D eigenvalue weighted by molar-refractivity contribution is 7.23. The average molecular weight is 616 g/mol. The van der Waals surface area contributed by atoms with Crippen LogP contribution in [0.3, 0.4) is 0 Å². The van der Waals surface area contributed by atoms with E-state index in [4.69, 9.17) is 10.7 Å². The van der Waals surface area contributed by atoms with Gasteiger partial charge in [-0.1, -0.05) is 36.8 Å². The van der Waals surface area contributed by atoms with Crippen LogP contribution in [-0.2, 0) is 0 Å². The summed E-state index contributed by atoms with van der Waals surface area (Å²) in [7, 11) is 0. The molecule has 1 unspecified atom stereocenters. The third kappa shape index (κ3) is 5.89. The van der Waals surface area contributed by atoms with Crippen LogP contribution in [0.5, 0.6) is 0 Å².